The highest BCUT2D eigenvalue weighted by Crippen LogP contribution is 2.21. The molecule has 0 heterocycles. The van der Waals surface area contributed by atoms with Gasteiger partial charge >= 0.3 is 6.09 Å². The summed E-state index contributed by atoms with van der Waals surface area (Å²) in [4.78, 5) is 11.5. The third-order valence-electron chi connectivity index (χ3n) is 2.31. The van der Waals surface area contributed by atoms with Crippen LogP contribution in [0.3, 0.4) is 0 Å². The molecule has 1 rings (SSSR count). The Morgan fingerprint density at radius 1 is 1.30 bits per heavy atom. The summed E-state index contributed by atoms with van der Waals surface area (Å²) in [5.74, 6) is -4.47. The minimum Gasteiger partial charge on any atom is -0.444 e. The van der Waals surface area contributed by atoms with Gasteiger partial charge in [-0.25, -0.2) is 18.0 Å². The van der Waals surface area contributed by atoms with E-state index in [9.17, 15) is 18.0 Å². The molecule has 0 aliphatic heterocycles. The number of benzene rings is 1. The Morgan fingerprint density at radius 3 is 2.40 bits per heavy atom. The van der Waals surface area contributed by atoms with Gasteiger partial charge in [-0.2, -0.15) is 0 Å². The molecular weight excluding hydrogens is 275 g/mol. The average Bonchev–Trinajstić information content (AvgIpc) is 2.32. The van der Waals surface area contributed by atoms with E-state index in [1.54, 1.807) is 20.8 Å². The summed E-state index contributed by atoms with van der Waals surface area (Å²) < 4.78 is 44.4. The number of carbonyl (C=O) groups is 1. The highest BCUT2D eigenvalue weighted by Gasteiger charge is 2.24. The van der Waals surface area contributed by atoms with Gasteiger partial charge in [-0.3, -0.25) is 0 Å². The van der Waals surface area contributed by atoms with Crippen LogP contribution < -0.4 is 5.32 Å². The van der Waals surface area contributed by atoms with E-state index in [1.807, 2.05) is 0 Å². The quantitative estimate of drug-likeness (QED) is 0.842. The number of aliphatic hydroxyl groups excluding tert-OH is 1. The van der Waals surface area contributed by atoms with Gasteiger partial charge in [0.15, 0.2) is 17.5 Å². The number of alkyl carbamates (subject to hydrolysis) is 1. The van der Waals surface area contributed by atoms with E-state index in [1.165, 1.54) is 0 Å². The van der Waals surface area contributed by atoms with Crippen LogP contribution in [0.4, 0.5) is 18.0 Å². The van der Waals surface area contributed by atoms with Crippen LogP contribution in [0.2, 0.25) is 0 Å². The minimum atomic E-state index is -1.66. The van der Waals surface area contributed by atoms with Crippen molar-refractivity contribution in [2.75, 3.05) is 6.61 Å². The second-order valence-electron chi connectivity index (χ2n) is 5.15. The van der Waals surface area contributed by atoms with E-state index in [0.29, 0.717) is 6.07 Å². The van der Waals surface area contributed by atoms with Crippen molar-refractivity contribution in [2.24, 2.45) is 0 Å². The molecule has 0 saturated carbocycles. The van der Waals surface area contributed by atoms with Crippen LogP contribution in [0.25, 0.3) is 0 Å². The summed E-state index contributed by atoms with van der Waals surface area (Å²) in [7, 11) is 0. The topological polar surface area (TPSA) is 58.6 Å². The Morgan fingerprint density at radius 2 is 1.90 bits per heavy atom. The number of halogens is 3. The molecule has 112 valence electrons. The van der Waals surface area contributed by atoms with Gasteiger partial charge in [0.1, 0.15) is 5.60 Å². The largest absolute Gasteiger partial charge is 0.444 e. The van der Waals surface area contributed by atoms with Crippen LogP contribution in [0, 0.1) is 17.5 Å². The van der Waals surface area contributed by atoms with Crippen molar-refractivity contribution in [3.63, 3.8) is 0 Å². The van der Waals surface area contributed by atoms with E-state index >= 15 is 0 Å². The van der Waals surface area contributed by atoms with E-state index in [0.717, 1.165) is 6.07 Å². The minimum absolute atomic E-state index is 0.364. The molecule has 20 heavy (non-hydrogen) atoms. The van der Waals surface area contributed by atoms with E-state index in [-0.39, 0.29) is 5.56 Å². The van der Waals surface area contributed by atoms with Gasteiger partial charge < -0.3 is 15.2 Å². The maximum atomic E-state index is 13.6. The first-order valence-corrected chi connectivity index (χ1v) is 5.89. The fourth-order valence-corrected chi connectivity index (χ4v) is 1.48. The lowest BCUT2D eigenvalue weighted by molar-refractivity contribution is 0.0480. The summed E-state index contributed by atoms with van der Waals surface area (Å²) >= 11 is 0. The van der Waals surface area contributed by atoms with Crippen molar-refractivity contribution in [3.8, 4) is 0 Å². The molecule has 1 amide bonds. The zero-order valence-corrected chi connectivity index (χ0v) is 11.3. The molecule has 2 N–H and O–H groups in total. The SMILES string of the molecule is CC(C)(C)OC(=O)N[C@H](CO)c1ccc(F)c(F)c1F. The zero-order valence-electron chi connectivity index (χ0n) is 11.3. The Bertz CT molecular complexity index is 500. The Kier molecular flexibility index (Phi) is 4.99. The lowest BCUT2D eigenvalue weighted by Gasteiger charge is -2.23. The summed E-state index contributed by atoms with van der Waals surface area (Å²) in [6, 6.07) is 0.430. The van der Waals surface area contributed by atoms with Crippen LogP contribution in [0.5, 0.6) is 0 Å². The van der Waals surface area contributed by atoms with Crippen molar-refractivity contribution < 1.29 is 27.8 Å². The van der Waals surface area contributed by atoms with Crippen molar-refractivity contribution >= 4 is 6.09 Å². The second-order valence-corrected chi connectivity index (χ2v) is 5.15. The Balaban J connectivity index is 2.92. The molecule has 1 aromatic rings. The molecular formula is C13H16F3NO3. The molecule has 0 saturated heterocycles. The van der Waals surface area contributed by atoms with Gasteiger partial charge in [-0.05, 0) is 26.8 Å². The summed E-state index contributed by atoms with van der Waals surface area (Å²) in [6.45, 7) is 4.18. The fraction of sp³-hybridized carbons (Fsp3) is 0.462. The summed E-state index contributed by atoms with van der Waals surface area (Å²) in [5, 5.41) is 11.3. The van der Waals surface area contributed by atoms with Gasteiger partial charge in [0.05, 0.1) is 12.6 Å². The lowest BCUT2D eigenvalue weighted by Crippen LogP contribution is -2.36. The van der Waals surface area contributed by atoms with Crippen LogP contribution in [0.1, 0.15) is 32.4 Å². The summed E-state index contributed by atoms with van der Waals surface area (Å²) in [6.07, 6.45) is -0.902. The number of hydrogen-bond donors (Lipinski definition) is 2. The first kappa shape index (κ1) is 16.3. The molecule has 7 heteroatoms. The number of amides is 1. The molecule has 0 aromatic heterocycles. The monoisotopic (exact) mass is 291 g/mol. The number of ether oxygens (including phenoxy) is 1. The molecule has 0 bridgehead atoms. The smallest absolute Gasteiger partial charge is 0.408 e. The molecule has 1 atom stereocenters. The maximum absolute atomic E-state index is 13.6. The normalized spacial score (nSPS) is 12.9. The van der Waals surface area contributed by atoms with Crippen molar-refractivity contribution in [3.05, 3.63) is 35.1 Å². The van der Waals surface area contributed by atoms with E-state index in [4.69, 9.17) is 9.84 Å². The van der Waals surface area contributed by atoms with Gasteiger partial charge in [0.2, 0.25) is 0 Å². The van der Waals surface area contributed by atoms with E-state index < -0.39 is 41.8 Å². The lowest BCUT2D eigenvalue weighted by atomic mass is 10.1. The average molecular weight is 291 g/mol. The van der Waals surface area contributed by atoms with Crippen LogP contribution >= 0.6 is 0 Å². The molecule has 0 spiro atoms. The van der Waals surface area contributed by atoms with Crippen LogP contribution in [-0.4, -0.2) is 23.4 Å². The van der Waals surface area contributed by atoms with Crippen molar-refractivity contribution in [2.45, 2.75) is 32.4 Å². The first-order chi connectivity index (χ1) is 9.15. The zero-order chi connectivity index (χ0) is 15.5. The number of nitrogens with one attached hydrogen (secondary N) is 1. The predicted octanol–water partition coefficient (Wildman–Crippen LogP) is 2.66. The van der Waals surface area contributed by atoms with Crippen molar-refractivity contribution in [1.82, 2.24) is 5.32 Å². The first-order valence-electron chi connectivity index (χ1n) is 5.89. The number of aliphatic hydroxyl groups is 1. The van der Waals surface area contributed by atoms with Gasteiger partial charge in [0.25, 0.3) is 0 Å². The second kappa shape index (κ2) is 6.13. The van der Waals surface area contributed by atoms with Gasteiger partial charge in [0, 0.05) is 5.56 Å². The molecule has 0 aliphatic rings. The summed E-state index contributed by atoms with van der Waals surface area (Å²) in [5.41, 5.74) is -1.14. The van der Waals surface area contributed by atoms with Crippen molar-refractivity contribution in [1.29, 1.82) is 0 Å². The Labute approximate surface area is 114 Å². The number of carbonyl (C=O) groups excluding carboxylic acids is 1. The molecule has 0 aliphatic carbocycles. The third kappa shape index (κ3) is 4.12. The maximum Gasteiger partial charge on any atom is 0.408 e. The molecule has 0 fully saturated rings. The van der Waals surface area contributed by atoms with Gasteiger partial charge in [-0.15, -0.1) is 0 Å². The third-order valence-corrected chi connectivity index (χ3v) is 2.31. The molecule has 0 radical (unpaired) electrons. The fourth-order valence-electron chi connectivity index (χ4n) is 1.48. The number of hydrogen-bond acceptors (Lipinski definition) is 3. The standard InChI is InChI=1S/C13H16F3NO3/c1-13(2,3)20-12(19)17-9(6-18)7-4-5-8(14)11(16)10(7)15/h4-5,9,18H,6H2,1-3H3,(H,17,19)/t9-/m1/s1. The Hall–Kier alpha value is -1.76. The highest BCUT2D eigenvalue weighted by molar-refractivity contribution is 5.68. The predicted molar refractivity (Wildman–Crippen MR) is 65.5 cm³/mol. The highest BCUT2D eigenvalue weighted by atomic mass is 19.2. The number of rotatable bonds is 3. The van der Waals surface area contributed by atoms with Crippen LogP contribution in [0.15, 0.2) is 12.1 Å². The molecule has 4 nitrogen and oxygen atoms in total. The van der Waals surface area contributed by atoms with Gasteiger partial charge in [-0.1, -0.05) is 6.07 Å². The molecule has 1 aromatic carbocycles. The van der Waals surface area contributed by atoms with Crippen LogP contribution in [-0.2, 0) is 4.74 Å². The molecule has 0 unspecified atom stereocenters. The van der Waals surface area contributed by atoms with E-state index in [2.05, 4.69) is 5.32 Å².